The van der Waals surface area contributed by atoms with Crippen LogP contribution in [0.3, 0.4) is 0 Å². The zero-order chi connectivity index (χ0) is 20.3. The van der Waals surface area contributed by atoms with E-state index in [9.17, 15) is 13.2 Å². The number of sulfonamides is 1. The van der Waals surface area contributed by atoms with E-state index in [1.54, 1.807) is 0 Å². The first kappa shape index (κ1) is 20.3. The smallest absolute Gasteiger partial charge is 0.347 e. The van der Waals surface area contributed by atoms with Gasteiger partial charge in [-0.05, 0) is 43.2 Å². The van der Waals surface area contributed by atoms with Gasteiger partial charge in [-0.25, -0.2) is 13.2 Å². The van der Waals surface area contributed by atoms with Crippen LogP contribution in [0.25, 0.3) is 0 Å². The van der Waals surface area contributed by atoms with Crippen molar-refractivity contribution in [1.29, 1.82) is 0 Å². The lowest BCUT2D eigenvalue weighted by molar-refractivity contribution is 0.0724. The number of carbonyl (C=O) groups excluding carboxylic acids is 1. The van der Waals surface area contributed by atoms with Crippen molar-refractivity contribution in [3.63, 3.8) is 0 Å². The first-order valence-electron chi connectivity index (χ1n) is 8.89. The molecule has 1 aliphatic rings. The molecule has 1 aliphatic heterocycles. The van der Waals surface area contributed by atoms with E-state index in [-0.39, 0.29) is 29.3 Å². The maximum absolute atomic E-state index is 12.9. The molecule has 0 saturated carbocycles. The number of hydrogen-bond donors (Lipinski definition) is 0. The van der Waals surface area contributed by atoms with Crippen molar-refractivity contribution < 1.29 is 27.4 Å². The monoisotopic (exact) mass is 405 g/mol. The van der Waals surface area contributed by atoms with Crippen molar-refractivity contribution >= 4 is 16.0 Å². The predicted molar refractivity (Wildman–Crippen MR) is 103 cm³/mol. The van der Waals surface area contributed by atoms with Crippen LogP contribution in [-0.4, -0.2) is 52.1 Å². The number of esters is 1. The van der Waals surface area contributed by atoms with E-state index in [0.717, 1.165) is 11.1 Å². The van der Waals surface area contributed by atoms with Crippen LogP contribution < -0.4 is 9.47 Å². The van der Waals surface area contributed by atoms with Gasteiger partial charge in [0.15, 0.2) is 0 Å². The van der Waals surface area contributed by atoms with Gasteiger partial charge < -0.3 is 14.2 Å². The summed E-state index contributed by atoms with van der Waals surface area (Å²) in [6.45, 7) is 4.92. The molecular formula is C20H23NO6S. The first-order valence-corrected chi connectivity index (χ1v) is 10.3. The predicted octanol–water partition coefficient (Wildman–Crippen LogP) is 2.55. The summed E-state index contributed by atoms with van der Waals surface area (Å²) < 4.78 is 43.2. The fourth-order valence-corrected chi connectivity index (χ4v) is 4.49. The average Bonchev–Trinajstić information content (AvgIpc) is 2.70. The average molecular weight is 405 g/mol. The standard InChI is InChI=1S/C20H23NO6S/c1-14-5-4-6-15(2)19(14)27-20(22)17-13-16(7-8-18(17)25-3)28(23,24)21-9-11-26-12-10-21/h4-8,13H,9-12H2,1-3H3. The van der Waals surface area contributed by atoms with Crippen molar-refractivity contribution in [3.8, 4) is 11.5 Å². The molecule has 0 spiro atoms. The molecule has 0 aromatic heterocycles. The summed E-state index contributed by atoms with van der Waals surface area (Å²) in [7, 11) is -2.32. The second kappa shape index (κ2) is 8.30. The quantitative estimate of drug-likeness (QED) is 0.562. The Balaban J connectivity index is 1.96. The van der Waals surface area contributed by atoms with Crippen LogP contribution in [0.4, 0.5) is 0 Å². The van der Waals surface area contributed by atoms with Crippen LogP contribution in [0.5, 0.6) is 11.5 Å². The van der Waals surface area contributed by atoms with Crippen LogP contribution in [0, 0.1) is 13.8 Å². The maximum atomic E-state index is 12.9. The summed E-state index contributed by atoms with van der Waals surface area (Å²) in [6, 6.07) is 9.75. The molecule has 0 radical (unpaired) electrons. The highest BCUT2D eigenvalue weighted by molar-refractivity contribution is 7.89. The third-order valence-electron chi connectivity index (χ3n) is 4.60. The number of methoxy groups -OCH3 is 1. The largest absolute Gasteiger partial charge is 0.496 e. The number of carbonyl (C=O) groups is 1. The summed E-state index contributed by atoms with van der Waals surface area (Å²) in [5, 5.41) is 0. The molecule has 0 aliphatic carbocycles. The minimum atomic E-state index is -3.74. The van der Waals surface area contributed by atoms with E-state index in [2.05, 4.69) is 0 Å². The Morgan fingerprint density at radius 3 is 2.32 bits per heavy atom. The lowest BCUT2D eigenvalue weighted by Gasteiger charge is -2.26. The van der Waals surface area contributed by atoms with Crippen molar-refractivity contribution in [3.05, 3.63) is 53.1 Å². The lowest BCUT2D eigenvalue weighted by atomic mass is 10.1. The molecule has 150 valence electrons. The van der Waals surface area contributed by atoms with E-state index in [1.165, 1.54) is 29.6 Å². The molecule has 1 saturated heterocycles. The Labute approximate surface area is 164 Å². The van der Waals surface area contributed by atoms with Gasteiger partial charge in [-0.3, -0.25) is 0 Å². The Morgan fingerprint density at radius 2 is 1.71 bits per heavy atom. The summed E-state index contributed by atoms with van der Waals surface area (Å²) in [5.41, 5.74) is 1.67. The van der Waals surface area contributed by atoms with Crippen LogP contribution in [0.1, 0.15) is 21.5 Å². The number of rotatable bonds is 5. The summed E-state index contributed by atoms with van der Waals surface area (Å²) in [6.07, 6.45) is 0. The lowest BCUT2D eigenvalue weighted by Crippen LogP contribution is -2.40. The molecule has 0 bridgehead atoms. The number of hydrogen-bond acceptors (Lipinski definition) is 6. The van der Waals surface area contributed by atoms with E-state index in [1.807, 2.05) is 32.0 Å². The van der Waals surface area contributed by atoms with Gasteiger partial charge >= 0.3 is 5.97 Å². The van der Waals surface area contributed by atoms with Crippen molar-refractivity contribution in [2.24, 2.45) is 0 Å². The SMILES string of the molecule is COc1ccc(S(=O)(=O)N2CCOCC2)cc1C(=O)Oc1c(C)cccc1C. The number of benzene rings is 2. The number of nitrogens with zero attached hydrogens (tertiary/aromatic N) is 1. The van der Waals surface area contributed by atoms with Crippen molar-refractivity contribution in [1.82, 2.24) is 4.31 Å². The highest BCUT2D eigenvalue weighted by atomic mass is 32.2. The molecule has 0 amide bonds. The minimum absolute atomic E-state index is 0.0173. The van der Waals surface area contributed by atoms with Gasteiger partial charge in [-0.15, -0.1) is 0 Å². The second-order valence-corrected chi connectivity index (χ2v) is 8.43. The van der Waals surface area contributed by atoms with E-state index in [4.69, 9.17) is 14.2 Å². The van der Waals surface area contributed by atoms with E-state index in [0.29, 0.717) is 19.0 Å². The number of morpholine rings is 1. The van der Waals surface area contributed by atoms with Crippen LogP contribution in [0.2, 0.25) is 0 Å². The summed E-state index contributed by atoms with van der Waals surface area (Å²) in [4.78, 5) is 12.8. The van der Waals surface area contributed by atoms with Gasteiger partial charge in [0, 0.05) is 13.1 Å². The maximum Gasteiger partial charge on any atom is 0.347 e. The van der Waals surface area contributed by atoms with Crippen LogP contribution in [0.15, 0.2) is 41.3 Å². The highest BCUT2D eigenvalue weighted by Crippen LogP contribution is 2.28. The highest BCUT2D eigenvalue weighted by Gasteiger charge is 2.28. The zero-order valence-electron chi connectivity index (χ0n) is 16.1. The molecule has 0 atom stereocenters. The van der Waals surface area contributed by atoms with Gasteiger partial charge in [0.25, 0.3) is 0 Å². The first-order chi connectivity index (χ1) is 13.3. The van der Waals surface area contributed by atoms with Gasteiger partial charge in [-0.1, -0.05) is 18.2 Å². The molecule has 0 unspecified atom stereocenters. The Morgan fingerprint density at radius 1 is 1.07 bits per heavy atom. The summed E-state index contributed by atoms with van der Waals surface area (Å²) >= 11 is 0. The molecule has 0 N–H and O–H groups in total. The summed E-state index contributed by atoms with van der Waals surface area (Å²) in [5.74, 6) is 0.0291. The zero-order valence-corrected chi connectivity index (χ0v) is 16.9. The topological polar surface area (TPSA) is 82.1 Å². The molecule has 28 heavy (non-hydrogen) atoms. The molecule has 8 heteroatoms. The molecule has 1 fully saturated rings. The van der Waals surface area contributed by atoms with Gasteiger partial charge in [-0.2, -0.15) is 4.31 Å². The van der Waals surface area contributed by atoms with E-state index < -0.39 is 16.0 Å². The number of ether oxygens (including phenoxy) is 3. The fraction of sp³-hybridized carbons (Fsp3) is 0.350. The second-order valence-electron chi connectivity index (χ2n) is 6.49. The van der Waals surface area contributed by atoms with Crippen LogP contribution >= 0.6 is 0 Å². The Kier molecular flexibility index (Phi) is 6.02. The van der Waals surface area contributed by atoms with Gasteiger partial charge in [0.1, 0.15) is 17.1 Å². The fourth-order valence-electron chi connectivity index (χ4n) is 3.05. The molecule has 7 nitrogen and oxygen atoms in total. The minimum Gasteiger partial charge on any atom is -0.496 e. The van der Waals surface area contributed by atoms with E-state index >= 15 is 0 Å². The molecular weight excluding hydrogens is 382 g/mol. The Hall–Kier alpha value is -2.42. The molecule has 2 aromatic carbocycles. The molecule has 1 heterocycles. The number of para-hydroxylation sites is 1. The van der Waals surface area contributed by atoms with Crippen molar-refractivity contribution in [2.75, 3.05) is 33.4 Å². The normalized spacial score (nSPS) is 15.2. The molecule has 3 rings (SSSR count). The number of aryl methyl sites for hydroxylation is 2. The molecule has 2 aromatic rings. The third-order valence-corrected chi connectivity index (χ3v) is 6.50. The Bertz CT molecular complexity index is 960. The van der Waals surface area contributed by atoms with Crippen molar-refractivity contribution in [2.45, 2.75) is 18.7 Å². The van der Waals surface area contributed by atoms with Gasteiger partial charge in [0.2, 0.25) is 10.0 Å². The van der Waals surface area contributed by atoms with Crippen LogP contribution in [-0.2, 0) is 14.8 Å². The third kappa shape index (κ3) is 4.04. The van der Waals surface area contributed by atoms with Gasteiger partial charge in [0.05, 0.1) is 25.2 Å².